The van der Waals surface area contributed by atoms with Crippen LogP contribution >= 0.6 is 0 Å². The predicted molar refractivity (Wildman–Crippen MR) is 95.2 cm³/mol. The van der Waals surface area contributed by atoms with Crippen molar-refractivity contribution in [2.75, 3.05) is 10.6 Å². The molecule has 0 aliphatic heterocycles. The Hall–Kier alpha value is -3.49. The Kier molecular flexibility index (Phi) is 5.53. The average molecular weight is 390 g/mol. The molecule has 1 aromatic carbocycles. The summed E-state index contributed by atoms with van der Waals surface area (Å²) in [6.07, 6.45) is -2.13. The smallest absolute Gasteiger partial charge is 0.365 e. The van der Waals surface area contributed by atoms with Gasteiger partial charge in [-0.2, -0.15) is 13.2 Å². The molecule has 0 unspecified atom stereocenters. The fourth-order valence-corrected chi connectivity index (χ4v) is 2.35. The summed E-state index contributed by atoms with van der Waals surface area (Å²) in [5, 5.41) is 5.47. The van der Waals surface area contributed by atoms with Gasteiger partial charge in [0.1, 0.15) is 17.3 Å². The van der Waals surface area contributed by atoms with Gasteiger partial charge < -0.3 is 10.6 Å². The minimum atomic E-state index is -4.55. The van der Waals surface area contributed by atoms with E-state index in [9.17, 15) is 22.4 Å². The number of hydrogen-bond acceptors (Lipinski definition) is 4. The Morgan fingerprint density at radius 3 is 2.39 bits per heavy atom. The van der Waals surface area contributed by atoms with Crippen LogP contribution in [0, 0.1) is 5.82 Å². The Labute approximate surface area is 157 Å². The molecule has 0 spiro atoms. The first kappa shape index (κ1) is 19.3. The number of alkyl halides is 3. The highest BCUT2D eigenvalue weighted by molar-refractivity contribution is 6.07. The number of carbonyl (C=O) groups is 1. The molecule has 0 saturated heterocycles. The van der Waals surface area contributed by atoms with Gasteiger partial charge in [-0.05, 0) is 42.0 Å². The molecule has 2 heterocycles. The molecule has 9 heteroatoms. The van der Waals surface area contributed by atoms with Gasteiger partial charge >= 0.3 is 6.18 Å². The summed E-state index contributed by atoms with van der Waals surface area (Å²) < 4.78 is 50.6. The highest BCUT2D eigenvalue weighted by Gasteiger charge is 2.32. The van der Waals surface area contributed by atoms with Crippen molar-refractivity contribution >= 4 is 17.4 Å². The summed E-state index contributed by atoms with van der Waals surface area (Å²) in [4.78, 5) is 19.9. The Bertz CT molecular complexity index is 957. The lowest BCUT2D eigenvalue weighted by Crippen LogP contribution is -2.16. The molecule has 0 saturated carbocycles. The van der Waals surface area contributed by atoms with E-state index in [1.807, 2.05) is 0 Å². The van der Waals surface area contributed by atoms with Crippen molar-refractivity contribution in [3.63, 3.8) is 0 Å². The zero-order chi connectivity index (χ0) is 20.1. The van der Waals surface area contributed by atoms with Gasteiger partial charge in [0.2, 0.25) is 0 Å². The van der Waals surface area contributed by atoms with E-state index in [1.165, 1.54) is 24.4 Å². The molecule has 144 valence electrons. The summed E-state index contributed by atoms with van der Waals surface area (Å²) >= 11 is 0. The number of pyridine rings is 2. The Morgan fingerprint density at radius 2 is 1.75 bits per heavy atom. The lowest BCUT2D eigenvalue weighted by atomic mass is 10.2. The molecule has 3 rings (SSSR count). The second-order valence-electron chi connectivity index (χ2n) is 5.76. The van der Waals surface area contributed by atoms with E-state index in [2.05, 4.69) is 20.6 Å². The van der Waals surface area contributed by atoms with Gasteiger partial charge in [-0.15, -0.1) is 0 Å². The number of carbonyl (C=O) groups excluding carboxylic acids is 1. The van der Waals surface area contributed by atoms with Crippen LogP contribution in [-0.4, -0.2) is 15.9 Å². The van der Waals surface area contributed by atoms with Gasteiger partial charge in [-0.25, -0.2) is 14.4 Å². The number of rotatable bonds is 5. The van der Waals surface area contributed by atoms with Crippen LogP contribution < -0.4 is 10.6 Å². The van der Waals surface area contributed by atoms with Crippen LogP contribution in [0.2, 0.25) is 0 Å². The number of halogens is 4. The minimum absolute atomic E-state index is 0.117. The van der Waals surface area contributed by atoms with Crippen LogP contribution in [0.5, 0.6) is 0 Å². The first-order valence-corrected chi connectivity index (χ1v) is 8.11. The molecule has 2 aromatic heterocycles. The molecular weight excluding hydrogens is 376 g/mol. The Balaban J connectivity index is 1.71. The molecule has 5 nitrogen and oxygen atoms in total. The van der Waals surface area contributed by atoms with Crippen molar-refractivity contribution in [2.24, 2.45) is 0 Å². The van der Waals surface area contributed by atoms with E-state index in [1.54, 1.807) is 18.2 Å². The summed E-state index contributed by atoms with van der Waals surface area (Å²) in [6.45, 7) is 0.305. The maximum atomic E-state index is 13.0. The number of amides is 1. The third-order valence-electron chi connectivity index (χ3n) is 3.74. The van der Waals surface area contributed by atoms with Crippen molar-refractivity contribution in [3.8, 4) is 0 Å². The topological polar surface area (TPSA) is 66.9 Å². The number of benzene rings is 1. The molecule has 2 N–H and O–H groups in total. The van der Waals surface area contributed by atoms with Gasteiger partial charge in [0.15, 0.2) is 0 Å². The largest absolute Gasteiger partial charge is 0.433 e. The molecule has 0 radical (unpaired) electrons. The summed E-state index contributed by atoms with van der Waals surface area (Å²) in [7, 11) is 0. The zero-order valence-electron chi connectivity index (χ0n) is 14.3. The molecule has 0 atom stereocenters. The molecule has 0 bridgehead atoms. The van der Waals surface area contributed by atoms with Crippen LogP contribution in [0.1, 0.15) is 21.6 Å². The molecule has 0 fully saturated rings. The number of hydrogen-bond donors (Lipinski definition) is 2. The van der Waals surface area contributed by atoms with Crippen molar-refractivity contribution in [1.29, 1.82) is 0 Å². The minimum Gasteiger partial charge on any atom is -0.365 e. The number of nitrogens with one attached hydrogen (secondary N) is 2. The summed E-state index contributed by atoms with van der Waals surface area (Å²) in [6, 6.07) is 10.8. The van der Waals surface area contributed by atoms with E-state index in [4.69, 9.17) is 0 Å². The first-order chi connectivity index (χ1) is 13.3. The van der Waals surface area contributed by atoms with Gasteiger partial charge in [-0.1, -0.05) is 12.1 Å². The number of anilines is 2. The maximum absolute atomic E-state index is 13.0. The van der Waals surface area contributed by atoms with Crippen LogP contribution in [-0.2, 0) is 12.7 Å². The molecular formula is C19H14F4N4O. The molecule has 1 amide bonds. The van der Waals surface area contributed by atoms with Crippen molar-refractivity contribution in [2.45, 2.75) is 12.7 Å². The number of aromatic nitrogens is 2. The second kappa shape index (κ2) is 8.03. The van der Waals surface area contributed by atoms with E-state index in [0.717, 1.165) is 23.9 Å². The average Bonchev–Trinajstić information content (AvgIpc) is 2.67. The maximum Gasteiger partial charge on any atom is 0.433 e. The molecule has 0 aliphatic carbocycles. The zero-order valence-corrected chi connectivity index (χ0v) is 14.3. The van der Waals surface area contributed by atoms with Crippen LogP contribution in [0.3, 0.4) is 0 Å². The third-order valence-corrected chi connectivity index (χ3v) is 3.74. The van der Waals surface area contributed by atoms with Gasteiger partial charge in [-0.3, -0.25) is 4.79 Å². The van der Waals surface area contributed by atoms with Gasteiger partial charge in [0.25, 0.3) is 5.91 Å². The molecule has 0 aliphatic rings. The fraction of sp³-hybridized carbons (Fsp3) is 0.105. The molecule has 28 heavy (non-hydrogen) atoms. The fourth-order valence-electron chi connectivity index (χ4n) is 2.35. The van der Waals surface area contributed by atoms with Crippen LogP contribution in [0.4, 0.5) is 29.1 Å². The summed E-state index contributed by atoms with van der Waals surface area (Å²) in [5.41, 5.74) is 0.0507. The van der Waals surface area contributed by atoms with Crippen LogP contribution in [0.15, 0.2) is 60.9 Å². The van der Waals surface area contributed by atoms with Crippen molar-refractivity contribution < 1.29 is 22.4 Å². The van der Waals surface area contributed by atoms with E-state index < -0.39 is 17.8 Å². The first-order valence-electron chi connectivity index (χ1n) is 8.11. The van der Waals surface area contributed by atoms with E-state index in [-0.39, 0.29) is 22.9 Å². The van der Waals surface area contributed by atoms with Crippen LogP contribution in [0.25, 0.3) is 0 Å². The Morgan fingerprint density at radius 1 is 1.00 bits per heavy atom. The molecule has 3 aromatic rings. The lowest BCUT2D eigenvalue weighted by Gasteiger charge is -2.12. The van der Waals surface area contributed by atoms with E-state index in [0.29, 0.717) is 6.54 Å². The third kappa shape index (κ3) is 4.81. The van der Waals surface area contributed by atoms with Gasteiger partial charge in [0, 0.05) is 12.7 Å². The lowest BCUT2D eigenvalue weighted by molar-refractivity contribution is -0.141. The monoisotopic (exact) mass is 390 g/mol. The number of nitrogens with zero attached hydrogens (tertiary/aromatic N) is 2. The van der Waals surface area contributed by atoms with E-state index >= 15 is 0 Å². The second-order valence-corrected chi connectivity index (χ2v) is 5.76. The van der Waals surface area contributed by atoms with Crippen molar-refractivity contribution in [3.05, 3.63) is 83.6 Å². The van der Waals surface area contributed by atoms with Crippen molar-refractivity contribution in [1.82, 2.24) is 9.97 Å². The standard InChI is InChI=1S/C19H14F4N4O/c20-13-5-3-12(4-6-13)10-26-17-15(2-1-9-24-17)18(28)27-14-7-8-16(25-11-14)19(21,22)23/h1-9,11H,10H2,(H,24,26)(H,27,28). The van der Waals surface area contributed by atoms with Gasteiger partial charge in [0.05, 0.1) is 17.4 Å². The highest BCUT2D eigenvalue weighted by atomic mass is 19.4. The SMILES string of the molecule is O=C(Nc1ccc(C(F)(F)F)nc1)c1cccnc1NCc1ccc(F)cc1. The normalized spacial score (nSPS) is 11.1. The predicted octanol–water partition coefficient (Wildman–Crippen LogP) is 4.50. The highest BCUT2D eigenvalue weighted by Crippen LogP contribution is 2.28. The quantitative estimate of drug-likeness (QED) is 0.630. The summed E-state index contributed by atoms with van der Waals surface area (Å²) in [5.74, 6) is -0.632.